The van der Waals surface area contributed by atoms with Crippen LogP contribution >= 0.6 is 58.0 Å². The first kappa shape index (κ1) is 70.3. The van der Waals surface area contributed by atoms with Crippen LogP contribution in [0.25, 0.3) is 66.9 Å². The van der Waals surface area contributed by atoms with Crippen LogP contribution in [-0.2, 0) is 15.6 Å². The van der Waals surface area contributed by atoms with Gasteiger partial charge in [0.15, 0.2) is 9.84 Å². The van der Waals surface area contributed by atoms with Crippen molar-refractivity contribution in [2.75, 3.05) is 42.8 Å². The van der Waals surface area contributed by atoms with E-state index in [1.165, 1.54) is 47.6 Å². The molecule has 0 aliphatic carbocycles. The molecule has 494 valence electrons. The summed E-state index contributed by atoms with van der Waals surface area (Å²) in [6.45, 7) is -1.47. The van der Waals surface area contributed by atoms with Gasteiger partial charge in [0.1, 0.15) is 6.54 Å². The van der Waals surface area contributed by atoms with Crippen LogP contribution in [0.1, 0.15) is 57.4 Å². The summed E-state index contributed by atoms with van der Waals surface area (Å²) >= 11 is 31.5. The van der Waals surface area contributed by atoms with Crippen molar-refractivity contribution in [1.82, 2.24) is 40.1 Å². The van der Waals surface area contributed by atoms with Crippen molar-refractivity contribution in [1.29, 1.82) is 0 Å². The third-order valence-electron chi connectivity index (χ3n) is 14.3. The molecule has 27 heteroatoms. The number of para-hydroxylation sites is 6. The van der Waals surface area contributed by atoms with Gasteiger partial charge in [-0.3, -0.25) is 38.9 Å². The fourth-order valence-corrected chi connectivity index (χ4v) is 11.4. The molecule has 0 fully saturated rings. The Morgan fingerprint density at radius 1 is 0.439 bits per heavy atom. The summed E-state index contributed by atoms with van der Waals surface area (Å²) in [5.41, 5.74) is 11.1. The van der Waals surface area contributed by atoms with Gasteiger partial charge in [0.2, 0.25) is 0 Å². The Hall–Kier alpha value is -10.5. The number of hydrogen-bond acceptors (Lipinski definition) is 13. The molecule has 0 unspecified atom stereocenters. The maximum atomic E-state index is 12.9. The average molecular weight is 1440 g/mol. The molecule has 0 atom stereocenters. The Morgan fingerprint density at radius 2 is 0.827 bits per heavy atom. The van der Waals surface area contributed by atoms with E-state index < -0.39 is 34.4 Å². The van der Waals surface area contributed by atoms with E-state index in [0.717, 1.165) is 22.1 Å². The summed E-state index contributed by atoms with van der Waals surface area (Å²) in [6, 6.07) is 52.1. The highest BCUT2D eigenvalue weighted by molar-refractivity contribution is 7.89. The Balaban J connectivity index is 0.000000160. The average Bonchev–Trinajstić information content (AvgIpc) is 0.819. The summed E-state index contributed by atoms with van der Waals surface area (Å²) in [5, 5.41) is 11.6. The maximum absolute atomic E-state index is 12.9. The predicted molar refractivity (Wildman–Crippen MR) is 378 cm³/mol. The molecule has 12 aromatic rings. The van der Waals surface area contributed by atoms with E-state index in [0.29, 0.717) is 93.5 Å². The zero-order valence-corrected chi connectivity index (χ0v) is 56.1. The van der Waals surface area contributed by atoms with Gasteiger partial charge in [0.05, 0.1) is 111 Å². The number of amides is 5. The van der Waals surface area contributed by atoms with Gasteiger partial charge in [-0.1, -0.05) is 107 Å². The standard InChI is InChI=1S/C24H15Cl2F3N4O2.C24H18Cl2N4O2.C23H18ClN3O3S/c25-16-7-5-13(9-15(16)21-11-30-19-3-1-2-4-20(19)32-21)23(35)33-18-8-6-14(10-17(18)26)22(34)31-12-24(27,28)29;1-30(2)24(32)16-9-7-14(11-19(16)26)23(31)28-15-8-10-18(25)17(12-15)22-13-27-20-5-3-4-6-21(20)29-22;1-31(29,30)14-15-6-8-16(9-7-15)23(28)26-17-10-11-19(24)18(12-17)22-13-25-20-4-2-3-5-21(20)27-22/h1-11H,12H2,(H,31,34)(H,33,35);3-13H,1-2H3,(H,28,31);2-13H,14H2,1H3,(H,26,28). The van der Waals surface area contributed by atoms with Crippen LogP contribution in [0.15, 0.2) is 207 Å². The van der Waals surface area contributed by atoms with Crippen molar-refractivity contribution in [3.8, 4) is 33.8 Å². The Kier molecular flexibility index (Phi) is 22.1. The molecule has 0 aliphatic rings. The zero-order valence-electron chi connectivity index (χ0n) is 51.5. The topological polar surface area (TPSA) is 248 Å². The van der Waals surface area contributed by atoms with E-state index in [-0.39, 0.29) is 50.3 Å². The van der Waals surface area contributed by atoms with Gasteiger partial charge in [-0.05, 0) is 145 Å². The van der Waals surface area contributed by atoms with Crippen LogP contribution in [-0.4, -0.2) is 106 Å². The number of carbonyl (C=O) groups excluding carboxylic acids is 5. The first-order valence-electron chi connectivity index (χ1n) is 29.1. The van der Waals surface area contributed by atoms with Crippen LogP contribution in [0, 0.1) is 0 Å². The summed E-state index contributed by atoms with van der Waals surface area (Å²) in [5.74, 6) is -2.45. The summed E-state index contributed by atoms with van der Waals surface area (Å²) in [7, 11) is 0.140. The molecule has 0 bridgehead atoms. The number of aromatic nitrogens is 6. The number of nitrogens with zero attached hydrogens (tertiary/aromatic N) is 7. The summed E-state index contributed by atoms with van der Waals surface area (Å²) < 4.78 is 59.7. The van der Waals surface area contributed by atoms with Crippen molar-refractivity contribution < 1.29 is 45.6 Å². The number of sulfone groups is 1. The Labute approximate surface area is 583 Å². The number of fused-ring (bicyclic) bond motifs is 3. The van der Waals surface area contributed by atoms with Crippen molar-refractivity contribution in [3.63, 3.8) is 0 Å². The van der Waals surface area contributed by atoms with Crippen molar-refractivity contribution in [3.05, 3.63) is 265 Å². The molecule has 3 aromatic heterocycles. The summed E-state index contributed by atoms with van der Waals surface area (Å²) in [4.78, 5) is 90.7. The molecule has 98 heavy (non-hydrogen) atoms. The van der Waals surface area contributed by atoms with Crippen molar-refractivity contribution in [2.45, 2.75) is 11.9 Å². The lowest BCUT2D eigenvalue weighted by atomic mass is 10.1. The minimum Gasteiger partial charge on any atom is -0.345 e. The number of halogens is 8. The highest BCUT2D eigenvalue weighted by Crippen LogP contribution is 2.34. The van der Waals surface area contributed by atoms with E-state index >= 15 is 0 Å². The fourth-order valence-electron chi connectivity index (χ4n) is 9.49. The molecule has 0 spiro atoms. The number of benzene rings is 9. The molecule has 12 rings (SSSR count). The smallest absolute Gasteiger partial charge is 0.345 e. The quantitative estimate of drug-likeness (QED) is 0.0792. The SMILES string of the molecule is CN(C)C(=O)c1ccc(C(=O)Nc2ccc(Cl)c(-c3cnc4ccccc4n3)c2)cc1Cl.CS(=O)(=O)Cc1ccc(C(=O)Nc2ccc(Cl)c(-c3cnc4ccccc4n3)c2)cc1.O=C(NCC(F)(F)F)c1ccc(NC(=O)c2ccc(Cl)c(-c3cnc4ccccc4n3)c2)c(Cl)c1. The first-order valence-corrected chi connectivity index (χ1v) is 33.1. The molecule has 4 N–H and O–H groups in total. The second kappa shape index (κ2) is 30.7. The molecule has 5 amide bonds. The fraction of sp³-hybridized carbons (Fsp3) is 0.0845. The van der Waals surface area contributed by atoms with Gasteiger partial charge in [-0.15, -0.1) is 0 Å². The molecule has 0 saturated heterocycles. The molecule has 0 saturated carbocycles. The number of nitrogens with one attached hydrogen (secondary N) is 4. The number of rotatable bonds is 14. The molecule has 9 aromatic carbocycles. The minimum atomic E-state index is -4.54. The minimum absolute atomic E-state index is 0.0207. The number of hydrogen-bond donors (Lipinski definition) is 4. The molecular formula is C71H51Cl5F3N11O7S. The number of anilines is 3. The van der Waals surface area contributed by atoms with E-state index in [1.807, 2.05) is 72.8 Å². The van der Waals surface area contributed by atoms with Crippen LogP contribution in [0.2, 0.25) is 25.1 Å². The van der Waals surface area contributed by atoms with Crippen LogP contribution in [0.5, 0.6) is 0 Å². The molecule has 3 heterocycles. The lowest BCUT2D eigenvalue weighted by Gasteiger charge is -2.13. The molecule has 18 nitrogen and oxygen atoms in total. The zero-order chi connectivity index (χ0) is 70.0. The van der Waals surface area contributed by atoms with Gasteiger partial charge in [0, 0.05) is 70.7 Å². The Morgan fingerprint density at radius 3 is 1.28 bits per heavy atom. The van der Waals surface area contributed by atoms with E-state index in [9.17, 15) is 45.6 Å². The van der Waals surface area contributed by atoms with E-state index in [4.69, 9.17) is 58.0 Å². The first-order chi connectivity index (χ1) is 46.7. The van der Waals surface area contributed by atoms with E-state index in [2.05, 4.69) is 45.9 Å². The largest absolute Gasteiger partial charge is 0.405 e. The molecular weight excluding hydrogens is 1390 g/mol. The van der Waals surface area contributed by atoms with Gasteiger partial charge in [0.25, 0.3) is 29.5 Å². The predicted octanol–water partition coefficient (Wildman–Crippen LogP) is 16.5. The summed E-state index contributed by atoms with van der Waals surface area (Å²) in [6.07, 6.45) is 1.49. The van der Waals surface area contributed by atoms with Gasteiger partial charge < -0.3 is 26.2 Å². The second-order valence-corrected chi connectivity index (χ2v) is 26.0. The maximum Gasteiger partial charge on any atom is 0.405 e. The second-order valence-electron chi connectivity index (χ2n) is 21.8. The van der Waals surface area contributed by atoms with Crippen LogP contribution in [0.4, 0.5) is 30.2 Å². The lowest BCUT2D eigenvalue weighted by Crippen LogP contribution is -2.33. The van der Waals surface area contributed by atoms with Gasteiger partial charge in [-0.2, -0.15) is 13.2 Å². The number of carbonyl (C=O) groups is 5. The molecule has 0 aliphatic heterocycles. The highest BCUT2D eigenvalue weighted by atomic mass is 35.5. The van der Waals surface area contributed by atoms with E-state index in [1.54, 1.807) is 117 Å². The molecule has 0 radical (unpaired) electrons. The van der Waals surface area contributed by atoms with Crippen LogP contribution < -0.4 is 21.3 Å². The van der Waals surface area contributed by atoms with Gasteiger partial charge in [-0.25, -0.2) is 23.4 Å². The lowest BCUT2D eigenvalue weighted by molar-refractivity contribution is -0.123. The van der Waals surface area contributed by atoms with Crippen LogP contribution in [0.3, 0.4) is 0 Å². The van der Waals surface area contributed by atoms with Crippen molar-refractivity contribution >= 4 is 148 Å². The number of alkyl halides is 3. The highest BCUT2D eigenvalue weighted by Gasteiger charge is 2.28. The third kappa shape index (κ3) is 18.1. The third-order valence-corrected chi connectivity index (χ3v) is 16.8. The Bertz CT molecular complexity index is 5210. The normalized spacial score (nSPS) is 11.2. The van der Waals surface area contributed by atoms with Gasteiger partial charge >= 0.3 is 6.18 Å². The monoisotopic (exact) mass is 1430 g/mol. The van der Waals surface area contributed by atoms with Crippen molar-refractivity contribution in [2.24, 2.45) is 0 Å².